The Labute approximate surface area is 108 Å². The van der Waals surface area contributed by atoms with E-state index in [2.05, 4.69) is 15.9 Å². The summed E-state index contributed by atoms with van der Waals surface area (Å²) in [4.78, 5) is 10.9. The highest BCUT2D eigenvalue weighted by Crippen LogP contribution is 2.23. The Bertz CT molecular complexity index is 413. The van der Waals surface area contributed by atoms with Crippen molar-refractivity contribution in [3.8, 4) is 5.75 Å². The normalized spacial score (nSPS) is 19.2. The molecule has 0 aliphatic carbocycles. The van der Waals surface area contributed by atoms with E-state index in [9.17, 15) is 4.79 Å². The summed E-state index contributed by atoms with van der Waals surface area (Å²) in [6.45, 7) is 2.07. The fraction of sp³-hybridized carbons (Fsp3) is 0.417. The zero-order chi connectivity index (χ0) is 12.3. The lowest BCUT2D eigenvalue weighted by Gasteiger charge is -2.11. The third-order valence-electron chi connectivity index (χ3n) is 2.63. The first kappa shape index (κ1) is 12.4. The maximum Gasteiger partial charge on any atom is 0.335 e. The van der Waals surface area contributed by atoms with Crippen molar-refractivity contribution in [3.63, 3.8) is 0 Å². The fourth-order valence-electron chi connectivity index (χ4n) is 1.70. The van der Waals surface area contributed by atoms with Gasteiger partial charge in [-0.2, -0.15) is 0 Å². The van der Waals surface area contributed by atoms with Gasteiger partial charge in [-0.05, 0) is 24.6 Å². The highest BCUT2D eigenvalue weighted by atomic mass is 79.9. The van der Waals surface area contributed by atoms with E-state index in [0.29, 0.717) is 22.7 Å². The molecule has 1 fully saturated rings. The molecule has 1 N–H and O–H groups in total. The maximum atomic E-state index is 10.9. The topological polar surface area (TPSA) is 55.8 Å². The van der Waals surface area contributed by atoms with E-state index in [1.165, 1.54) is 6.07 Å². The number of ether oxygens (including phenoxy) is 2. The Morgan fingerprint density at radius 3 is 3.00 bits per heavy atom. The van der Waals surface area contributed by atoms with Crippen LogP contribution in [0.5, 0.6) is 5.75 Å². The van der Waals surface area contributed by atoms with Gasteiger partial charge in [0.05, 0.1) is 18.8 Å². The lowest BCUT2D eigenvalue weighted by molar-refractivity contribution is 0.0696. The van der Waals surface area contributed by atoms with Crippen LogP contribution in [0.2, 0.25) is 0 Å². The molecule has 0 bridgehead atoms. The molecule has 1 atom stereocenters. The molecule has 0 amide bonds. The smallest absolute Gasteiger partial charge is 0.335 e. The summed E-state index contributed by atoms with van der Waals surface area (Å²) in [6, 6.07) is 4.85. The van der Waals surface area contributed by atoms with Crippen molar-refractivity contribution in [2.24, 2.45) is 5.92 Å². The summed E-state index contributed by atoms with van der Waals surface area (Å²) in [5.74, 6) is 0.0197. The number of rotatable bonds is 4. The Hall–Kier alpha value is -1.07. The van der Waals surface area contributed by atoms with Gasteiger partial charge in [0, 0.05) is 17.0 Å². The zero-order valence-corrected chi connectivity index (χ0v) is 10.8. The molecule has 1 saturated heterocycles. The van der Waals surface area contributed by atoms with Gasteiger partial charge in [-0.3, -0.25) is 0 Å². The minimum Gasteiger partial charge on any atom is -0.493 e. The number of carbonyl (C=O) groups is 1. The predicted octanol–water partition coefficient (Wildman–Crippen LogP) is 2.56. The van der Waals surface area contributed by atoms with Crippen molar-refractivity contribution >= 4 is 21.9 Å². The van der Waals surface area contributed by atoms with Crippen LogP contribution in [0.3, 0.4) is 0 Å². The second-order valence-electron chi connectivity index (χ2n) is 4.02. The number of hydrogen-bond acceptors (Lipinski definition) is 3. The van der Waals surface area contributed by atoms with E-state index in [1.807, 2.05) is 0 Å². The monoisotopic (exact) mass is 300 g/mol. The molecule has 0 spiro atoms. The second-order valence-corrected chi connectivity index (χ2v) is 4.94. The number of carboxylic acids is 1. The van der Waals surface area contributed by atoms with Crippen LogP contribution in [0.15, 0.2) is 22.7 Å². The molecule has 1 unspecified atom stereocenters. The predicted molar refractivity (Wildman–Crippen MR) is 65.5 cm³/mol. The third kappa shape index (κ3) is 3.44. The van der Waals surface area contributed by atoms with Gasteiger partial charge in [-0.25, -0.2) is 4.79 Å². The summed E-state index contributed by atoms with van der Waals surface area (Å²) in [6.07, 6.45) is 1.000. The standard InChI is InChI=1S/C12H13BrO4/c13-10-3-9(12(14)15)4-11(5-10)17-7-8-1-2-16-6-8/h3-5,8H,1-2,6-7H2,(H,14,15). The van der Waals surface area contributed by atoms with E-state index in [4.69, 9.17) is 14.6 Å². The number of aromatic carboxylic acids is 1. The number of carboxylic acid groups (broad SMARTS) is 1. The molecule has 4 nitrogen and oxygen atoms in total. The van der Waals surface area contributed by atoms with Crippen LogP contribution in [0.1, 0.15) is 16.8 Å². The van der Waals surface area contributed by atoms with E-state index >= 15 is 0 Å². The minimum atomic E-state index is -0.958. The third-order valence-corrected chi connectivity index (χ3v) is 3.09. The van der Waals surface area contributed by atoms with Crippen LogP contribution in [0, 0.1) is 5.92 Å². The van der Waals surface area contributed by atoms with Gasteiger partial charge in [-0.1, -0.05) is 15.9 Å². The summed E-state index contributed by atoms with van der Waals surface area (Å²) in [7, 11) is 0. The lowest BCUT2D eigenvalue weighted by atomic mass is 10.1. The Morgan fingerprint density at radius 1 is 1.53 bits per heavy atom. The van der Waals surface area contributed by atoms with E-state index in [1.54, 1.807) is 12.1 Å². The van der Waals surface area contributed by atoms with Crippen LogP contribution in [-0.2, 0) is 4.74 Å². The molecule has 0 radical (unpaired) electrons. The maximum absolute atomic E-state index is 10.9. The molecular formula is C12H13BrO4. The molecule has 1 aliphatic rings. The van der Waals surface area contributed by atoms with Gasteiger partial charge in [0.25, 0.3) is 0 Å². The van der Waals surface area contributed by atoms with Crippen LogP contribution in [0.4, 0.5) is 0 Å². The zero-order valence-electron chi connectivity index (χ0n) is 9.19. The van der Waals surface area contributed by atoms with E-state index in [-0.39, 0.29) is 5.56 Å². The van der Waals surface area contributed by atoms with E-state index < -0.39 is 5.97 Å². The number of halogens is 1. The first-order valence-electron chi connectivity index (χ1n) is 5.39. The molecule has 2 rings (SSSR count). The summed E-state index contributed by atoms with van der Waals surface area (Å²) < 4.78 is 11.5. The summed E-state index contributed by atoms with van der Waals surface area (Å²) in [5, 5.41) is 8.92. The highest BCUT2D eigenvalue weighted by Gasteiger charge is 2.16. The lowest BCUT2D eigenvalue weighted by Crippen LogP contribution is -2.12. The first-order valence-corrected chi connectivity index (χ1v) is 6.19. The van der Waals surface area contributed by atoms with Crippen LogP contribution >= 0.6 is 15.9 Å². The molecule has 17 heavy (non-hydrogen) atoms. The Balaban J connectivity index is 2.01. The Kier molecular flexibility index (Phi) is 4.02. The summed E-state index contributed by atoms with van der Waals surface area (Å²) in [5.41, 5.74) is 0.219. The van der Waals surface area contributed by atoms with Gasteiger partial charge in [0.15, 0.2) is 0 Å². The molecular weight excluding hydrogens is 288 g/mol. The summed E-state index contributed by atoms with van der Waals surface area (Å²) >= 11 is 3.27. The van der Waals surface area contributed by atoms with Gasteiger partial charge in [-0.15, -0.1) is 0 Å². The van der Waals surface area contributed by atoms with E-state index in [0.717, 1.165) is 19.6 Å². The second kappa shape index (κ2) is 5.51. The van der Waals surface area contributed by atoms with Gasteiger partial charge >= 0.3 is 5.97 Å². The molecule has 1 aliphatic heterocycles. The highest BCUT2D eigenvalue weighted by molar-refractivity contribution is 9.10. The van der Waals surface area contributed by atoms with Crippen molar-refractivity contribution in [2.75, 3.05) is 19.8 Å². The van der Waals surface area contributed by atoms with Crippen LogP contribution in [0.25, 0.3) is 0 Å². The minimum absolute atomic E-state index is 0.219. The van der Waals surface area contributed by atoms with Crippen molar-refractivity contribution < 1.29 is 19.4 Å². The van der Waals surface area contributed by atoms with Crippen molar-refractivity contribution in [3.05, 3.63) is 28.2 Å². The molecule has 92 valence electrons. The average Bonchev–Trinajstić information content (AvgIpc) is 2.78. The number of hydrogen-bond donors (Lipinski definition) is 1. The molecule has 1 heterocycles. The van der Waals surface area contributed by atoms with Crippen molar-refractivity contribution in [1.29, 1.82) is 0 Å². The average molecular weight is 301 g/mol. The van der Waals surface area contributed by atoms with Crippen LogP contribution < -0.4 is 4.74 Å². The molecule has 0 saturated carbocycles. The van der Waals surface area contributed by atoms with Crippen molar-refractivity contribution in [1.82, 2.24) is 0 Å². The molecule has 0 aromatic heterocycles. The van der Waals surface area contributed by atoms with Gasteiger partial charge < -0.3 is 14.6 Å². The first-order chi connectivity index (χ1) is 8.15. The van der Waals surface area contributed by atoms with Gasteiger partial charge in [0.1, 0.15) is 5.75 Å². The van der Waals surface area contributed by atoms with Gasteiger partial charge in [0.2, 0.25) is 0 Å². The SMILES string of the molecule is O=C(O)c1cc(Br)cc(OCC2CCOC2)c1. The fourth-order valence-corrected chi connectivity index (χ4v) is 2.17. The van der Waals surface area contributed by atoms with Crippen LogP contribution in [-0.4, -0.2) is 30.9 Å². The quantitative estimate of drug-likeness (QED) is 0.928. The molecule has 5 heteroatoms. The largest absolute Gasteiger partial charge is 0.493 e. The number of benzene rings is 1. The molecule has 1 aromatic carbocycles. The van der Waals surface area contributed by atoms with Crippen molar-refractivity contribution in [2.45, 2.75) is 6.42 Å². The molecule has 1 aromatic rings. The Morgan fingerprint density at radius 2 is 2.35 bits per heavy atom.